The fourth-order valence-electron chi connectivity index (χ4n) is 2.09. The SMILES string of the molecule is CCn1cnnc1CNC(=O)NCC(C)Oc1ccccc1C. The molecule has 1 unspecified atom stereocenters. The van der Waals surface area contributed by atoms with Crippen LogP contribution in [-0.4, -0.2) is 33.4 Å². The van der Waals surface area contributed by atoms with E-state index in [1.165, 1.54) is 0 Å². The number of rotatable bonds is 7. The molecule has 1 aromatic heterocycles. The fraction of sp³-hybridized carbons (Fsp3) is 0.438. The number of nitrogens with zero attached hydrogens (tertiary/aromatic N) is 3. The molecule has 0 spiro atoms. The molecule has 124 valence electrons. The van der Waals surface area contributed by atoms with Crippen molar-refractivity contribution in [2.45, 2.75) is 40.0 Å². The Kier molecular flexibility index (Phi) is 5.96. The highest BCUT2D eigenvalue weighted by Gasteiger charge is 2.09. The number of hydrogen-bond acceptors (Lipinski definition) is 4. The van der Waals surface area contributed by atoms with Crippen LogP contribution >= 0.6 is 0 Å². The van der Waals surface area contributed by atoms with Gasteiger partial charge in [-0.2, -0.15) is 0 Å². The zero-order chi connectivity index (χ0) is 16.7. The van der Waals surface area contributed by atoms with Crippen molar-refractivity contribution >= 4 is 6.03 Å². The molecule has 0 fully saturated rings. The Labute approximate surface area is 136 Å². The van der Waals surface area contributed by atoms with Crippen LogP contribution in [0.15, 0.2) is 30.6 Å². The van der Waals surface area contributed by atoms with Gasteiger partial charge in [-0.25, -0.2) is 4.79 Å². The van der Waals surface area contributed by atoms with Crippen LogP contribution in [0.25, 0.3) is 0 Å². The minimum atomic E-state index is -0.254. The number of hydrogen-bond donors (Lipinski definition) is 2. The first-order chi connectivity index (χ1) is 11.1. The third-order valence-corrected chi connectivity index (χ3v) is 3.42. The topological polar surface area (TPSA) is 81.1 Å². The van der Waals surface area contributed by atoms with Crippen molar-refractivity contribution in [3.8, 4) is 5.75 Å². The maximum atomic E-state index is 11.8. The summed E-state index contributed by atoms with van der Waals surface area (Å²) in [6.07, 6.45) is 1.52. The number of amides is 2. The Morgan fingerprint density at radius 1 is 1.35 bits per heavy atom. The number of urea groups is 1. The van der Waals surface area contributed by atoms with E-state index in [1.807, 2.05) is 49.6 Å². The molecule has 0 bridgehead atoms. The summed E-state index contributed by atoms with van der Waals surface area (Å²) in [5.41, 5.74) is 1.07. The highest BCUT2D eigenvalue weighted by atomic mass is 16.5. The first-order valence-corrected chi connectivity index (χ1v) is 7.70. The summed E-state index contributed by atoms with van der Waals surface area (Å²) in [5, 5.41) is 13.3. The number of nitrogens with one attached hydrogen (secondary N) is 2. The molecule has 0 aliphatic carbocycles. The maximum absolute atomic E-state index is 11.8. The average Bonchev–Trinajstić information content (AvgIpc) is 3.00. The highest BCUT2D eigenvalue weighted by molar-refractivity contribution is 5.73. The molecule has 2 amide bonds. The molecule has 1 atom stereocenters. The highest BCUT2D eigenvalue weighted by Crippen LogP contribution is 2.17. The van der Waals surface area contributed by atoms with Crippen molar-refractivity contribution in [1.82, 2.24) is 25.4 Å². The van der Waals surface area contributed by atoms with Crippen LogP contribution in [0.5, 0.6) is 5.75 Å². The molecule has 0 aliphatic heterocycles. The lowest BCUT2D eigenvalue weighted by atomic mass is 10.2. The normalized spacial score (nSPS) is 11.8. The molecular weight excluding hydrogens is 294 g/mol. The van der Waals surface area contributed by atoms with Gasteiger partial charge in [-0.05, 0) is 32.4 Å². The summed E-state index contributed by atoms with van der Waals surface area (Å²) in [7, 11) is 0. The Bertz CT molecular complexity index is 641. The predicted octanol–water partition coefficient (Wildman–Crippen LogP) is 1.87. The van der Waals surface area contributed by atoms with Crippen LogP contribution in [0.3, 0.4) is 0 Å². The van der Waals surface area contributed by atoms with E-state index < -0.39 is 0 Å². The van der Waals surface area contributed by atoms with Gasteiger partial charge in [0, 0.05) is 6.54 Å². The zero-order valence-electron chi connectivity index (χ0n) is 13.7. The maximum Gasteiger partial charge on any atom is 0.315 e. The van der Waals surface area contributed by atoms with Crippen molar-refractivity contribution in [3.05, 3.63) is 42.0 Å². The minimum Gasteiger partial charge on any atom is -0.489 e. The summed E-state index contributed by atoms with van der Waals surface area (Å²) in [6.45, 7) is 7.43. The first-order valence-electron chi connectivity index (χ1n) is 7.70. The van der Waals surface area contributed by atoms with Crippen LogP contribution in [-0.2, 0) is 13.1 Å². The average molecular weight is 317 g/mol. The van der Waals surface area contributed by atoms with Gasteiger partial charge in [-0.1, -0.05) is 18.2 Å². The fourth-order valence-corrected chi connectivity index (χ4v) is 2.09. The summed E-state index contributed by atoms with van der Waals surface area (Å²) in [5.74, 6) is 1.56. The standard InChI is InChI=1S/C16H23N5O2/c1-4-21-11-19-20-15(21)10-18-16(22)17-9-13(3)23-14-8-6-5-7-12(14)2/h5-8,11,13H,4,9-10H2,1-3H3,(H2,17,18,22). The molecule has 23 heavy (non-hydrogen) atoms. The number of benzene rings is 1. The van der Waals surface area contributed by atoms with Gasteiger partial charge in [0.1, 0.15) is 18.2 Å². The van der Waals surface area contributed by atoms with Crippen molar-refractivity contribution < 1.29 is 9.53 Å². The Hall–Kier alpha value is -2.57. The molecule has 2 N–H and O–H groups in total. The van der Waals surface area contributed by atoms with Gasteiger partial charge < -0.3 is 19.9 Å². The number of aryl methyl sites for hydroxylation is 2. The summed E-state index contributed by atoms with van der Waals surface area (Å²) < 4.78 is 7.69. The van der Waals surface area contributed by atoms with E-state index >= 15 is 0 Å². The van der Waals surface area contributed by atoms with Crippen molar-refractivity contribution in [2.75, 3.05) is 6.54 Å². The van der Waals surface area contributed by atoms with E-state index in [0.717, 1.165) is 23.7 Å². The zero-order valence-corrected chi connectivity index (χ0v) is 13.7. The second kappa shape index (κ2) is 8.17. The Morgan fingerprint density at radius 2 is 2.13 bits per heavy atom. The second-order valence-corrected chi connectivity index (χ2v) is 5.29. The number of para-hydroxylation sites is 1. The second-order valence-electron chi connectivity index (χ2n) is 5.29. The summed E-state index contributed by atoms with van der Waals surface area (Å²) >= 11 is 0. The molecule has 0 radical (unpaired) electrons. The third-order valence-electron chi connectivity index (χ3n) is 3.42. The van der Waals surface area contributed by atoms with Gasteiger partial charge in [-0.3, -0.25) is 0 Å². The van der Waals surface area contributed by atoms with Crippen molar-refractivity contribution in [3.63, 3.8) is 0 Å². The largest absolute Gasteiger partial charge is 0.489 e. The van der Waals surface area contributed by atoms with Gasteiger partial charge in [0.05, 0.1) is 13.1 Å². The molecule has 1 aromatic carbocycles. The van der Waals surface area contributed by atoms with Crippen molar-refractivity contribution in [2.24, 2.45) is 0 Å². The lowest BCUT2D eigenvalue weighted by Crippen LogP contribution is -2.40. The number of carbonyl (C=O) groups excluding carboxylic acids is 1. The van der Waals surface area contributed by atoms with Crippen LogP contribution in [0.2, 0.25) is 0 Å². The third kappa shape index (κ3) is 4.98. The Morgan fingerprint density at radius 3 is 2.87 bits per heavy atom. The molecule has 1 heterocycles. The minimum absolute atomic E-state index is 0.124. The van der Waals surface area contributed by atoms with Crippen LogP contribution < -0.4 is 15.4 Å². The van der Waals surface area contributed by atoms with E-state index in [0.29, 0.717) is 13.1 Å². The predicted molar refractivity (Wildman–Crippen MR) is 87.2 cm³/mol. The Balaban J connectivity index is 1.72. The molecule has 7 nitrogen and oxygen atoms in total. The van der Waals surface area contributed by atoms with Crippen LogP contribution in [0.4, 0.5) is 4.79 Å². The molecule has 0 saturated heterocycles. The van der Waals surface area contributed by atoms with E-state index in [2.05, 4.69) is 20.8 Å². The monoisotopic (exact) mass is 317 g/mol. The number of aromatic nitrogens is 3. The van der Waals surface area contributed by atoms with Crippen LogP contribution in [0.1, 0.15) is 25.2 Å². The van der Waals surface area contributed by atoms with Crippen molar-refractivity contribution in [1.29, 1.82) is 0 Å². The quantitative estimate of drug-likeness (QED) is 0.817. The van der Waals surface area contributed by atoms with E-state index in [1.54, 1.807) is 6.33 Å². The summed E-state index contributed by atoms with van der Waals surface area (Å²) in [6, 6.07) is 7.55. The van der Waals surface area contributed by atoms with E-state index in [4.69, 9.17) is 4.74 Å². The van der Waals surface area contributed by atoms with Gasteiger partial charge in [0.2, 0.25) is 0 Å². The smallest absolute Gasteiger partial charge is 0.315 e. The van der Waals surface area contributed by atoms with E-state index in [-0.39, 0.29) is 12.1 Å². The van der Waals surface area contributed by atoms with Gasteiger partial charge in [0.25, 0.3) is 0 Å². The lowest BCUT2D eigenvalue weighted by Gasteiger charge is -2.17. The molecule has 2 aromatic rings. The number of carbonyl (C=O) groups is 1. The number of ether oxygens (including phenoxy) is 1. The lowest BCUT2D eigenvalue weighted by molar-refractivity contribution is 0.206. The molecule has 7 heteroatoms. The van der Waals surface area contributed by atoms with Crippen LogP contribution in [0, 0.1) is 6.92 Å². The van der Waals surface area contributed by atoms with Gasteiger partial charge in [-0.15, -0.1) is 10.2 Å². The molecule has 0 aliphatic rings. The van der Waals surface area contributed by atoms with E-state index in [9.17, 15) is 4.79 Å². The summed E-state index contributed by atoms with van der Waals surface area (Å²) in [4.78, 5) is 11.8. The van der Waals surface area contributed by atoms with Gasteiger partial charge in [0.15, 0.2) is 5.82 Å². The first kappa shape index (κ1) is 16.8. The molecular formula is C16H23N5O2. The molecule has 2 rings (SSSR count). The van der Waals surface area contributed by atoms with Gasteiger partial charge >= 0.3 is 6.03 Å². The molecule has 0 saturated carbocycles.